The van der Waals surface area contributed by atoms with Gasteiger partial charge >= 0.3 is 0 Å². The topological polar surface area (TPSA) is 72.9 Å². The first-order valence-electron chi connectivity index (χ1n) is 5.29. The van der Waals surface area contributed by atoms with Crippen LogP contribution in [0.4, 0.5) is 5.69 Å². The molecule has 0 radical (unpaired) electrons. The van der Waals surface area contributed by atoms with E-state index in [-0.39, 0.29) is 11.6 Å². The fourth-order valence-electron chi connectivity index (χ4n) is 1.26. The molecule has 5 nitrogen and oxygen atoms in total. The van der Waals surface area contributed by atoms with E-state index in [1.54, 1.807) is 6.20 Å². The Hall–Kier alpha value is -0.880. The minimum Gasteiger partial charge on any atom is -0.383 e. The number of anilines is 1. The van der Waals surface area contributed by atoms with Gasteiger partial charge in [0, 0.05) is 6.54 Å². The van der Waals surface area contributed by atoms with Crippen LogP contribution < -0.4 is 16.6 Å². The Kier molecular flexibility index (Phi) is 4.95. The van der Waals surface area contributed by atoms with E-state index in [4.69, 9.17) is 5.73 Å². The fraction of sp³-hybridized carbons (Fsp3) is 0.600. The Morgan fingerprint density at radius 1 is 1.62 bits per heavy atom. The highest BCUT2D eigenvalue weighted by atomic mass is 79.9. The number of halogens is 1. The van der Waals surface area contributed by atoms with E-state index in [0.29, 0.717) is 11.0 Å². The Morgan fingerprint density at radius 3 is 2.88 bits per heavy atom. The lowest BCUT2D eigenvalue weighted by Crippen LogP contribution is -2.26. The van der Waals surface area contributed by atoms with Crippen molar-refractivity contribution in [2.24, 2.45) is 5.73 Å². The van der Waals surface area contributed by atoms with Crippen LogP contribution in [-0.2, 0) is 0 Å². The van der Waals surface area contributed by atoms with Crippen molar-refractivity contribution in [1.29, 1.82) is 0 Å². The van der Waals surface area contributed by atoms with E-state index in [0.717, 1.165) is 18.7 Å². The van der Waals surface area contributed by atoms with Gasteiger partial charge in [-0.3, -0.25) is 4.79 Å². The van der Waals surface area contributed by atoms with Crippen LogP contribution >= 0.6 is 15.9 Å². The van der Waals surface area contributed by atoms with Crippen molar-refractivity contribution in [1.82, 2.24) is 9.78 Å². The monoisotopic (exact) mass is 288 g/mol. The zero-order valence-electron chi connectivity index (χ0n) is 9.53. The summed E-state index contributed by atoms with van der Waals surface area (Å²) >= 11 is 3.28. The molecule has 0 saturated carbocycles. The second kappa shape index (κ2) is 6.00. The second-order valence-corrected chi connectivity index (χ2v) is 4.58. The van der Waals surface area contributed by atoms with Crippen molar-refractivity contribution in [2.75, 3.05) is 18.4 Å². The molecule has 0 saturated heterocycles. The maximum absolute atomic E-state index is 11.9. The molecule has 0 spiro atoms. The lowest BCUT2D eigenvalue weighted by atomic mass is 10.3. The normalized spacial score (nSPS) is 10.8. The highest BCUT2D eigenvalue weighted by Gasteiger charge is 2.09. The Morgan fingerprint density at radius 2 is 2.31 bits per heavy atom. The van der Waals surface area contributed by atoms with Gasteiger partial charge in [0.1, 0.15) is 4.47 Å². The number of nitrogens with one attached hydrogen (secondary N) is 1. The molecule has 1 aromatic rings. The molecular weight excluding hydrogens is 272 g/mol. The second-order valence-electron chi connectivity index (χ2n) is 3.78. The summed E-state index contributed by atoms with van der Waals surface area (Å²) in [5.74, 6) is 0. The Balaban J connectivity index is 2.90. The number of rotatable bonds is 5. The Labute approximate surface area is 103 Å². The summed E-state index contributed by atoms with van der Waals surface area (Å²) in [6, 6.07) is 0.0573. The van der Waals surface area contributed by atoms with E-state index < -0.39 is 0 Å². The molecule has 0 amide bonds. The van der Waals surface area contributed by atoms with Gasteiger partial charge < -0.3 is 11.1 Å². The molecule has 0 aliphatic carbocycles. The van der Waals surface area contributed by atoms with Crippen LogP contribution in [0, 0.1) is 0 Å². The first kappa shape index (κ1) is 13.2. The molecular formula is C10H17BrN4O. The first-order chi connectivity index (χ1) is 7.57. The molecule has 3 N–H and O–H groups in total. The number of aromatic nitrogens is 2. The molecule has 0 unspecified atom stereocenters. The number of nitrogens with two attached hydrogens (primary N) is 1. The molecule has 0 atom stereocenters. The summed E-state index contributed by atoms with van der Waals surface area (Å²) in [6.07, 6.45) is 2.52. The van der Waals surface area contributed by atoms with Gasteiger partial charge in [-0.2, -0.15) is 5.10 Å². The highest BCUT2D eigenvalue weighted by molar-refractivity contribution is 9.10. The van der Waals surface area contributed by atoms with Crippen molar-refractivity contribution >= 4 is 21.6 Å². The molecule has 1 heterocycles. The third-order valence-electron chi connectivity index (χ3n) is 2.13. The number of hydrogen-bond donors (Lipinski definition) is 2. The zero-order chi connectivity index (χ0) is 12.1. The minimum atomic E-state index is -0.118. The molecule has 16 heavy (non-hydrogen) atoms. The molecule has 0 aliphatic rings. The molecule has 0 aromatic carbocycles. The van der Waals surface area contributed by atoms with Gasteiger partial charge in [-0.1, -0.05) is 0 Å². The van der Waals surface area contributed by atoms with Crippen LogP contribution in [0.25, 0.3) is 0 Å². The summed E-state index contributed by atoms with van der Waals surface area (Å²) in [7, 11) is 0. The lowest BCUT2D eigenvalue weighted by Gasteiger charge is -2.12. The van der Waals surface area contributed by atoms with E-state index in [2.05, 4.69) is 26.3 Å². The van der Waals surface area contributed by atoms with Gasteiger partial charge in [0.05, 0.1) is 17.9 Å². The largest absolute Gasteiger partial charge is 0.383 e. The molecule has 6 heteroatoms. The van der Waals surface area contributed by atoms with Crippen LogP contribution in [0.2, 0.25) is 0 Å². The van der Waals surface area contributed by atoms with Gasteiger partial charge in [-0.25, -0.2) is 4.68 Å². The van der Waals surface area contributed by atoms with E-state index in [1.807, 2.05) is 13.8 Å². The van der Waals surface area contributed by atoms with Gasteiger partial charge in [-0.05, 0) is 42.7 Å². The standard InChI is InChI=1S/C10H17BrN4O/c1-7(2)15-10(16)9(11)8(6-14-15)13-5-3-4-12/h6-7,13H,3-5,12H2,1-2H3. The molecule has 1 aromatic heterocycles. The summed E-state index contributed by atoms with van der Waals surface area (Å²) in [4.78, 5) is 11.9. The van der Waals surface area contributed by atoms with E-state index in [1.165, 1.54) is 4.68 Å². The molecule has 0 fully saturated rings. The predicted molar refractivity (Wildman–Crippen MR) is 68.7 cm³/mol. The molecule has 1 rings (SSSR count). The predicted octanol–water partition coefficient (Wildman–Crippen LogP) is 1.35. The van der Waals surface area contributed by atoms with Gasteiger partial charge in [0.15, 0.2) is 0 Å². The number of hydrogen-bond acceptors (Lipinski definition) is 4. The van der Waals surface area contributed by atoms with E-state index >= 15 is 0 Å². The van der Waals surface area contributed by atoms with Crippen LogP contribution in [0.15, 0.2) is 15.5 Å². The van der Waals surface area contributed by atoms with Crippen molar-refractivity contribution < 1.29 is 0 Å². The summed E-state index contributed by atoms with van der Waals surface area (Å²) in [5.41, 5.74) is 5.99. The summed E-state index contributed by atoms with van der Waals surface area (Å²) in [5, 5.41) is 7.22. The zero-order valence-corrected chi connectivity index (χ0v) is 11.1. The van der Waals surface area contributed by atoms with Crippen LogP contribution in [-0.4, -0.2) is 22.9 Å². The van der Waals surface area contributed by atoms with Crippen molar-refractivity contribution in [3.63, 3.8) is 0 Å². The van der Waals surface area contributed by atoms with E-state index in [9.17, 15) is 4.79 Å². The van der Waals surface area contributed by atoms with Crippen molar-refractivity contribution in [2.45, 2.75) is 26.3 Å². The lowest BCUT2D eigenvalue weighted by molar-refractivity contribution is 0.501. The van der Waals surface area contributed by atoms with Crippen LogP contribution in [0.5, 0.6) is 0 Å². The minimum absolute atomic E-state index is 0.0573. The molecule has 0 aliphatic heterocycles. The van der Waals surface area contributed by atoms with Crippen LogP contribution in [0.3, 0.4) is 0 Å². The van der Waals surface area contributed by atoms with Crippen molar-refractivity contribution in [3.05, 3.63) is 21.0 Å². The third kappa shape index (κ3) is 3.05. The maximum Gasteiger partial charge on any atom is 0.283 e. The van der Waals surface area contributed by atoms with Gasteiger partial charge in [0.2, 0.25) is 0 Å². The Bertz CT molecular complexity index is 402. The number of nitrogens with zero attached hydrogens (tertiary/aromatic N) is 2. The summed E-state index contributed by atoms with van der Waals surface area (Å²) in [6.45, 7) is 5.20. The fourth-order valence-corrected chi connectivity index (χ4v) is 1.69. The third-order valence-corrected chi connectivity index (χ3v) is 2.90. The average molecular weight is 289 g/mol. The molecule has 90 valence electrons. The SMILES string of the molecule is CC(C)n1ncc(NCCCN)c(Br)c1=O. The van der Waals surface area contributed by atoms with Gasteiger partial charge in [0.25, 0.3) is 5.56 Å². The summed E-state index contributed by atoms with van der Waals surface area (Å²) < 4.78 is 1.96. The molecule has 0 bridgehead atoms. The quantitative estimate of drug-likeness (QED) is 0.802. The highest BCUT2D eigenvalue weighted by Crippen LogP contribution is 2.16. The van der Waals surface area contributed by atoms with Gasteiger partial charge in [-0.15, -0.1) is 0 Å². The first-order valence-corrected chi connectivity index (χ1v) is 6.08. The van der Waals surface area contributed by atoms with Crippen molar-refractivity contribution in [3.8, 4) is 0 Å². The average Bonchev–Trinajstić information content (AvgIpc) is 2.24. The smallest absolute Gasteiger partial charge is 0.283 e. The maximum atomic E-state index is 11.9. The van der Waals surface area contributed by atoms with Crippen LogP contribution in [0.1, 0.15) is 26.3 Å².